The summed E-state index contributed by atoms with van der Waals surface area (Å²) < 4.78 is 29.6. The van der Waals surface area contributed by atoms with Crippen LogP contribution in [0, 0.1) is 5.41 Å². The number of ether oxygens (including phenoxy) is 1. The molecule has 1 aliphatic rings. The summed E-state index contributed by atoms with van der Waals surface area (Å²) in [4.78, 5) is 0. The van der Waals surface area contributed by atoms with E-state index in [0.717, 1.165) is 26.1 Å². The lowest BCUT2D eigenvalue weighted by atomic mass is 9.79. The highest BCUT2D eigenvalue weighted by Crippen LogP contribution is 2.38. The van der Waals surface area contributed by atoms with Crippen molar-refractivity contribution in [3.8, 4) is 0 Å². The van der Waals surface area contributed by atoms with E-state index in [0.29, 0.717) is 6.42 Å². The molecule has 0 aromatic heterocycles. The van der Waals surface area contributed by atoms with Crippen molar-refractivity contribution in [3.63, 3.8) is 0 Å². The van der Waals surface area contributed by atoms with E-state index in [2.05, 4.69) is 19.2 Å². The number of nitrogens with one attached hydrogen (secondary N) is 1. The van der Waals surface area contributed by atoms with Crippen molar-refractivity contribution in [2.75, 3.05) is 25.4 Å². The van der Waals surface area contributed by atoms with Crippen molar-refractivity contribution in [1.82, 2.24) is 5.32 Å². The fraction of sp³-hybridized carbons (Fsp3) is 1.00. The normalized spacial score (nSPS) is 29.1. The smallest absolute Gasteiger partial charge is 0.152 e. The molecule has 0 amide bonds. The van der Waals surface area contributed by atoms with Crippen molar-refractivity contribution in [2.45, 2.75) is 51.9 Å². The first-order chi connectivity index (χ1) is 8.34. The van der Waals surface area contributed by atoms with Gasteiger partial charge in [-0.2, -0.15) is 0 Å². The maximum atomic E-state index is 11.9. The second kappa shape index (κ2) is 6.35. The van der Waals surface area contributed by atoms with Gasteiger partial charge in [-0.1, -0.05) is 6.92 Å². The summed E-state index contributed by atoms with van der Waals surface area (Å²) >= 11 is 0. The number of sulfone groups is 1. The molecule has 0 aliphatic carbocycles. The van der Waals surface area contributed by atoms with Crippen molar-refractivity contribution in [1.29, 1.82) is 0 Å². The SMILES string of the molecule is CCNCC1(CCS(=O)(=O)C(C)C)CCOC1C. The first kappa shape index (κ1) is 15.9. The summed E-state index contributed by atoms with van der Waals surface area (Å²) in [5.41, 5.74) is -0.0159. The molecule has 1 fully saturated rings. The molecule has 1 saturated heterocycles. The predicted molar refractivity (Wildman–Crippen MR) is 74.5 cm³/mol. The third-order valence-electron chi connectivity index (χ3n) is 4.16. The average Bonchev–Trinajstić information content (AvgIpc) is 2.66. The molecule has 0 saturated carbocycles. The fourth-order valence-electron chi connectivity index (χ4n) is 2.42. The maximum Gasteiger partial charge on any atom is 0.152 e. The third-order valence-corrected chi connectivity index (χ3v) is 6.37. The van der Waals surface area contributed by atoms with Crippen LogP contribution < -0.4 is 5.32 Å². The molecule has 0 radical (unpaired) electrons. The zero-order valence-corrected chi connectivity index (χ0v) is 12.8. The molecule has 0 spiro atoms. The van der Waals surface area contributed by atoms with Crippen LogP contribution in [-0.2, 0) is 14.6 Å². The fourth-order valence-corrected chi connectivity index (χ4v) is 3.59. The summed E-state index contributed by atoms with van der Waals surface area (Å²) in [7, 11) is -2.96. The lowest BCUT2D eigenvalue weighted by Gasteiger charge is -2.32. The summed E-state index contributed by atoms with van der Waals surface area (Å²) in [5.74, 6) is 0.268. The average molecular weight is 277 g/mol. The topological polar surface area (TPSA) is 55.4 Å². The van der Waals surface area contributed by atoms with Gasteiger partial charge in [-0.15, -0.1) is 0 Å². The molecule has 1 heterocycles. The number of rotatable bonds is 7. The van der Waals surface area contributed by atoms with Crippen LogP contribution in [0.1, 0.15) is 40.5 Å². The van der Waals surface area contributed by atoms with Gasteiger partial charge in [-0.3, -0.25) is 0 Å². The highest BCUT2D eigenvalue weighted by molar-refractivity contribution is 7.91. The number of hydrogen-bond donors (Lipinski definition) is 1. The largest absolute Gasteiger partial charge is 0.378 e. The van der Waals surface area contributed by atoms with E-state index < -0.39 is 9.84 Å². The Bertz CT molecular complexity index is 353. The minimum absolute atomic E-state index is 0.0159. The van der Waals surface area contributed by atoms with E-state index in [1.807, 2.05) is 0 Å². The van der Waals surface area contributed by atoms with Crippen LogP contribution in [0.3, 0.4) is 0 Å². The molecule has 18 heavy (non-hydrogen) atoms. The van der Waals surface area contributed by atoms with Gasteiger partial charge in [-0.05, 0) is 40.2 Å². The van der Waals surface area contributed by atoms with Crippen LogP contribution in [0.4, 0.5) is 0 Å². The second-order valence-electron chi connectivity index (χ2n) is 5.57. The van der Waals surface area contributed by atoms with E-state index in [1.54, 1.807) is 13.8 Å². The highest BCUT2D eigenvalue weighted by Gasteiger charge is 2.41. The van der Waals surface area contributed by atoms with Gasteiger partial charge in [0.05, 0.1) is 17.1 Å². The van der Waals surface area contributed by atoms with Crippen LogP contribution in [0.25, 0.3) is 0 Å². The van der Waals surface area contributed by atoms with Crippen molar-refractivity contribution >= 4 is 9.84 Å². The Labute approximate surface area is 111 Å². The van der Waals surface area contributed by atoms with Gasteiger partial charge in [0.2, 0.25) is 0 Å². The van der Waals surface area contributed by atoms with Crippen LogP contribution in [0.15, 0.2) is 0 Å². The minimum atomic E-state index is -2.96. The quantitative estimate of drug-likeness (QED) is 0.768. The molecule has 1 N–H and O–H groups in total. The molecule has 4 nitrogen and oxygen atoms in total. The summed E-state index contributed by atoms with van der Waals surface area (Å²) in [6.07, 6.45) is 1.79. The molecule has 0 aromatic rings. The van der Waals surface area contributed by atoms with Crippen molar-refractivity contribution in [3.05, 3.63) is 0 Å². The first-order valence-corrected chi connectivity index (χ1v) is 8.59. The van der Waals surface area contributed by atoms with Gasteiger partial charge < -0.3 is 10.1 Å². The first-order valence-electron chi connectivity index (χ1n) is 6.88. The molecular weight excluding hydrogens is 250 g/mol. The monoisotopic (exact) mass is 277 g/mol. The summed E-state index contributed by atoms with van der Waals surface area (Å²) in [6.45, 7) is 10.1. The zero-order valence-electron chi connectivity index (χ0n) is 12.0. The standard InChI is InChI=1S/C13H27NO3S/c1-5-14-10-13(6-8-17-12(13)4)7-9-18(15,16)11(2)3/h11-12,14H,5-10H2,1-4H3. The summed E-state index contributed by atoms with van der Waals surface area (Å²) in [6, 6.07) is 0. The van der Waals surface area contributed by atoms with E-state index in [9.17, 15) is 8.42 Å². The van der Waals surface area contributed by atoms with Gasteiger partial charge in [-0.25, -0.2) is 8.42 Å². The van der Waals surface area contributed by atoms with Crippen LogP contribution >= 0.6 is 0 Å². The van der Waals surface area contributed by atoms with Crippen LogP contribution in [0.2, 0.25) is 0 Å². The third kappa shape index (κ3) is 3.68. The van der Waals surface area contributed by atoms with Gasteiger partial charge in [0.25, 0.3) is 0 Å². The van der Waals surface area contributed by atoms with E-state index in [1.165, 1.54) is 0 Å². The maximum absolute atomic E-state index is 11.9. The van der Waals surface area contributed by atoms with E-state index in [4.69, 9.17) is 4.74 Å². The highest BCUT2D eigenvalue weighted by atomic mass is 32.2. The van der Waals surface area contributed by atoms with Crippen LogP contribution in [0.5, 0.6) is 0 Å². The molecule has 0 bridgehead atoms. The lowest BCUT2D eigenvalue weighted by molar-refractivity contribution is 0.0616. The molecule has 2 unspecified atom stereocenters. The second-order valence-corrected chi connectivity index (χ2v) is 8.25. The molecule has 1 rings (SSSR count). The van der Waals surface area contributed by atoms with Crippen molar-refractivity contribution < 1.29 is 13.2 Å². The van der Waals surface area contributed by atoms with E-state index in [-0.39, 0.29) is 22.5 Å². The van der Waals surface area contributed by atoms with Gasteiger partial charge in [0, 0.05) is 18.6 Å². The minimum Gasteiger partial charge on any atom is -0.378 e. The van der Waals surface area contributed by atoms with Gasteiger partial charge in [0.1, 0.15) is 0 Å². The Morgan fingerprint density at radius 2 is 2.11 bits per heavy atom. The molecular formula is C13H27NO3S. The Balaban J connectivity index is 2.69. The van der Waals surface area contributed by atoms with Crippen molar-refractivity contribution in [2.24, 2.45) is 5.41 Å². The Hall–Kier alpha value is -0.130. The molecule has 0 aromatic carbocycles. The Kier molecular flexibility index (Phi) is 5.62. The Morgan fingerprint density at radius 3 is 2.56 bits per heavy atom. The molecule has 5 heteroatoms. The summed E-state index contributed by atoms with van der Waals surface area (Å²) in [5, 5.41) is 3.07. The van der Waals surface area contributed by atoms with Gasteiger partial charge in [0.15, 0.2) is 9.84 Å². The lowest BCUT2D eigenvalue weighted by Crippen LogP contribution is -2.41. The molecule has 1 aliphatic heterocycles. The van der Waals surface area contributed by atoms with Crippen LogP contribution in [-0.4, -0.2) is 45.2 Å². The Morgan fingerprint density at radius 1 is 1.44 bits per heavy atom. The molecule has 108 valence electrons. The number of hydrogen-bond acceptors (Lipinski definition) is 4. The van der Waals surface area contributed by atoms with E-state index >= 15 is 0 Å². The zero-order chi connectivity index (χ0) is 13.8. The molecule has 2 atom stereocenters. The predicted octanol–water partition coefficient (Wildman–Crippen LogP) is 1.60. The van der Waals surface area contributed by atoms with Gasteiger partial charge >= 0.3 is 0 Å².